The molecule has 0 aromatic heterocycles. The van der Waals surface area contributed by atoms with E-state index >= 15 is 0 Å². The number of hydrogen-bond acceptors (Lipinski definition) is 8. The zero-order valence-corrected chi connectivity index (χ0v) is 19.4. The second-order valence-electron chi connectivity index (χ2n) is 8.94. The normalized spacial score (nSPS) is 34.3. The van der Waals surface area contributed by atoms with Gasteiger partial charge in [0.1, 0.15) is 11.9 Å². The molecule has 0 radical (unpaired) electrons. The predicted molar refractivity (Wildman–Crippen MR) is 126 cm³/mol. The average Bonchev–Trinajstić information content (AvgIpc) is 3.07. The Labute approximate surface area is 185 Å². The molecular weight excluding hydrogens is 392 g/mol. The monoisotopic (exact) mass is 428 g/mol. The number of aliphatic imine (C=N–C) groups is 3. The highest BCUT2D eigenvalue weighted by molar-refractivity contribution is 6.09. The summed E-state index contributed by atoms with van der Waals surface area (Å²) in [6.45, 7) is 14.6. The van der Waals surface area contributed by atoms with Crippen molar-refractivity contribution in [3.05, 3.63) is 11.9 Å². The third-order valence-corrected chi connectivity index (χ3v) is 6.21. The maximum atomic E-state index is 5.59. The number of amidine groups is 1. The fourth-order valence-corrected chi connectivity index (χ4v) is 4.39. The van der Waals surface area contributed by atoms with E-state index in [1.165, 1.54) is 0 Å². The molecule has 2 N–H and O–H groups in total. The molecule has 4 aliphatic rings. The third-order valence-electron chi connectivity index (χ3n) is 6.21. The first-order chi connectivity index (χ1) is 15.0. The van der Waals surface area contributed by atoms with Crippen molar-refractivity contribution in [3.63, 3.8) is 0 Å². The number of hydrogen-bond donors (Lipinski definition) is 2. The van der Waals surface area contributed by atoms with Crippen LogP contribution in [0.3, 0.4) is 0 Å². The van der Waals surface area contributed by atoms with Gasteiger partial charge in [0.15, 0.2) is 5.84 Å². The van der Waals surface area contributed by atoms with Crippen LogP contribution in [0.1, 0.15) is 41.0 Å². The van der Waals surface area contributed by atoms with E-state index in [0.717, 1.165) is 42.8 Å². The topological polar surface area (TPSA) is 89.2 Å². The van der Waals surface area contributed by atoms with Crippen molar-refractivity contribution in [2.24, 2.45) is 26.0 Å². The highest BCUT2D eigenvalue weighted by atomic mass is 16.5. The SMILES string of the molecule is CCOCCN1N=C(C)C2NC(N3C[C@@H](C)NC[C@@H]3C)=NC(=NC3=CCC(C)C=N3)C21. The van der Waals surface area contributed by atoms with Crippen molar-refractivity contribution in [2.75, 3.05) is 32.8 Å². The number of nitrogens with one attached hydrogen (secondary N) is 2. The highest BCUT2D eigenvalue weighted by Gasteiger charge is 2.44. The number of ether oxygens (including phenoxy) is 1. The summed E-state index contributed by atoms with van der Waals surface area (Å²) in [6, 6.07) is 0.736. The van der Waals surface area contributed by atoms with Crippen molar-refractivity contribution in [1.82, 2.24) is 20.5 Å². The van der Waals surface area contributed by atoms with Crippen molar-refractivity contribution in [1.29, 1.82) is 0 Å². The molecule has 1 fully saturated rings. The van der Waals surface area contributed by atoms with E-state index in [1.54, 1.807) is 0 Å². The van der Waals surface area contributed by atoms with Crippen molar-refractivity contribution in [2.45, 2.75) is 65.2 Å². The van der Waals surface area contributed by atoms with Gasteiger partial charge >= 0.3 is 0 Å². The van der Waals surface area contributed by atoms with Gasteiger partial charge in [-0.15, -0.1) is 0 Å². The van der Waals surface area contributed by atoms with Crippen LogP contribution in [0.25, 0.3) is 0 Å². The number of hydrazone groups is 1. The zero-order valence-electron chi connectivity index (χ0n) is 19.4. The molecule has 31 heavy (non-hydrogen) atoms. The minimum Gasteiger partial charge on any atom is -0.380 e. The van der Waals surface area contributed by atoms with Gasteiger partial charge in [0.25, 0.3) is 0 Å². The second kappa shape index (κ2) is 9.48. The molecule has 4 aliphatic heterocycles. The Bertz CT molecular complexity index is 816. The second-order valence-corrected chi connectivity index (χ2v) is 8.94. The Balaban J connectivity index is 1.66. The molecule has 170 valence electrons. The van der Waals surface area contributed by atoms with Crippen LogP contribution in [0.4, 0.5) is 0 Å². The minimum atomic E-state index is -0.0599. The van der Waals surface area contributed by atoms with Gasteiger partial charge in [0.05, 0.1) is 24.9 Å². The van der Waals surface area contributed by atoms with Crippen LogP contribution in [0, 0.1) is 5.92 Å². The molecule has 5 atom stereocenters. The maximum absolute atomic E-state index is 5.59. The summed E-state index contributed by atoms with van der Waals surface area (Å²) in [7, 11) is 0. The summed E-state index contributed by atoms with van der Waals surface area (Å²) < 4.78 is 5.59. The first-order valence-corrected chi connectivity index (χ1v) is 11.5. The van der Waals surface area contributed by atoms with Crippen LogP contribution in [-0.4, -0.2) is 90.6 Å². The number of guanidine groups is 1. The molecule has 0 aromatic rings. The van der Waals surface area contributed by atoms with Gasteiger partial charge < -0.3 is 20.3 Å². The van der Waals surface area contributed by atoms with E-state index in [1.807, 2.05) is 13.1 Å². The van der Waals surface area contributed by atoms with E-state index in [9.17, 15) is 0 Å². The number of nitrogens with zero attached hydrogens (tertiary/aromatic N) is 6. The molecule has 0 spiro atoms. The Morgan fingerprint density at radius 2 is 2.13 bits per heavy atom. The van der Waals surface area contributed by atoms with Crippen molar-refractivity contribution < 1.29 is 4.74 Å². The predicted octanol–water partition coefficient (Wildman–Crippen LogP) is 1.44. The van der Waals surface area contributed by atoms with E-state index in [0.29, 0.717) is 37.8 Å². The van der Waals surface area contributed by atoms with E-state index < -0.39 is 0 Å². The molecule has 0 saturated carbocycles. The largest absolute Gasteiger partial charge is 0.380 e. The van der Waals surface area contributed by atoms with Crippen LogP contribution < -0.4 is 10.6 Å². The van der Waals surface area contributed by atoms with Gasteiger partial charge in [-0.1, -0.05) is 6.92 Å². The number of fused-ring (bicyclic) bond motifs is 1. The lowest BCUT2D eigenvalue weighted by Gasteiger charge is -2.42. The summed E-state index contributed by atoms with van der Waals surface area (Å²) in [4.78, 5) is 16.9. The van der Waals surface area contributed by atoms with E-state index in [4.69, 9.17) is 19.8 Å². The van der Waals surface area contributed by atoms with Crippen molar-refractivity contribution in [3.8, 4) is 0 Å². The lowest BCUT2D eigenvalue weighted by atomic mass is 10.0. The van der Waals surface area contributed by atoms with Gasteiger partial charge in [-0.25, -0.2) is 9.98 Å². The number of piperazine rings is 1. The Morgan fingerprint density at radius 1 is 1.29 bits per heavy atom. The quantitative estimate of drug-likeness (QED) is 0.647. The lowest BCUT2D eigenvalue weighted by Crippen LogP contribution is -2.65. The number of rotatable bonds is 5. The Hall–Kier alpha value is -2.26. The van der Waals surface area contributed by atoms with Crippen LogP contribution in [-0.2, 0) is 4.74 Å². The standard InChI is InChI=1S/C22H36N8O/c1-6-31-10-9-30-20-19(17(5)28-30)26-22(29-13-15(3)23-12-16(29)4)27-21(20)25-18-8-7-14(2)11-24-18/h8,11,14-16,19-20,23H,6-7,9-10,12-13H2,1-5H3,(H,25,26,27)/t14?,15-,16+,19?,20?/m1/s1. The summed E-state index contributed by atoms with van der Waals surface area (Å²) in [5, 5.41) is 14.1. The molecule has 9 heteroatoms. The zero-order chi connectivity index (χ0) is 22.0. The van der Waals surface area contributed by atoms with Crippen LogP contribution in [0.2, 0.25) is 0 Å². The van der Waals surface area contributed by atoms with Crippen molar-refractivity contribution >= 4 is 23.7 Å². The van der Waals surface area contributed by atoms with Gasteiger partial charge in [0.2, 0.25) is 5.96 Å². The Kier molecular flexibility index (Phi) is 6.71. The lowest BCUT2D eigenvalue weighted by molar-refractivity contribution is 0.110. The summed E-state index contributed by atoms with van der Waals surface area (Å²) in [5.74, 6) is 2.85. The van der Waals surface area contributed by atoms with E-state index in [2.05, 4.69) is 59.3 Å². The van der Waals surface area contributed by atoms with Gasteiger partial charge in [-0.05, 0) is 46.1 Å². The van der Waals surface area contributed by atoms with Crippen LogP contribution in [0.5, 0.6) is 0 Å². The maximum Gasteiger partial charge on any atom is 0.201 e. The Morgan fingerprint density at radius 3 is 2.87 bits per heavy atom. The summed E-state index contributed by atoms with van der Waals surface area (Å²) in [5.41, 5.74) is 1.05. The smallest absolute Gasteiger partial charge is 0.201 e. The molecule has 0 bridgehead atoms. The fraction of sp³-hybridized carbons (Fsp3) is 0.727. The first kappa shape index (κ1) is 22.0. The minimum absolute atomic E-state index is 0.0392. The molecular formula is C22H36N8O. The molecule has 4 heterocycles. The van der Waals surface area contributed by atoms with Gasteiger partial charge in [-0.3, -0.25) is 5.01 Å². The number of allylic oxidation sites excluding steroid dienone is 1. The molecule has 0 aliphatic carbocycles. The molecule has 1 saturated heterocycles. The molecule has 3 unspecified atom stereocenters. The fourth-order valence-electron chi connectivity index (χ4n) is 4.39. The van der Waals surface area contributed by atoms with Crippen LogP contribution >= 0.6 is 0 Å². The van der Waals surface area contributed by atoms with E-state index in [-0.39, 0.29) is 12.1 Å². The van der Waals surface area contributed by atoms with Crippen LogP contribution in [0.15, 0.2) is 32.0 Å². The molecule has 0 amide bonds. The molecule has 0 aromatic carbocycles. The summed E-state index contributed by atoms with van der Waals surface area (Å²) >= 11 is 0. The summed E-state index contributed by atoms with van der Waals surface area (Å²) in [6.07, 6.45) is 5.03. The van der Waals surface area contributed by atoms with Gasteiger partial charge in [0, 0.05) is 38.0 Å². The average molecular weight is 429 g/mol. The van der Waals surface area contributed by atoms with Gasteiger partial charge in [-0.2, -0.15) is 10.1 Å². The molecule has 4 rings (SSSR count). The highest BCUT2D eigenvalue weighted by Crippen LogP contribution is 2.25. The first-order valence-electron chi connectivity index (χ1n) is 11.5. The third kappa shape index (κ3) is 4.82. The molecule has 9 nitrogen and oxygen atoms in total.